The van der Waals surface area contributed by atoms with Gasteiger partial charge in [0.05, 0.1) is 11.7 Å². The third-order valence-corrected chi connectivity index (χ3v) is 6.99. The fourth-order valence-electron chi connectivity index (χ4n) is 5.42. The molecular formula is C30H26O4. The lowest BCUT2D eigenvalue weighted by molar-refractivity contribution is -0.0684. The van der Waals surface area contributed by atoms with Crippen molar-refractivity contribution in [2.24, 2.45) is 5.92 Å². The van der Waals surface area contributed by atoms with Crippen LogP contribution in [0.2, 0.25) is 0 Å². The van der Waals surface area contributed by atoms with E-state index in [1.165, 1.54) is 0 Å². The third kappa shape index (κ3) is 3.02. The minimum absolute atomic E-state index is 0.127. The lowest BCUT2D eigenvalue weighted by Crippen LogP contribution is -2.39. The van der Waals surface area contributed by atoms with Gasteiger partial charge in [0.1, 0.15) is 11.4 Å². The molecule has 2 aliphatic heterocycles. The molecule has 2 unspecified atom stereocenters. The maximum atomic E-state index is 14.0. The molecule has 4 aliphatic rings. The maximum Gasteiger partial charge on any atom is 0.194 e. The zero-order valence-electron chi connectivity index (χ0n) is 19.7. The van der Waals surface area contributed by atoms with Crippen molar-refractivity contribution in [3.05, 3.63) is 112 Å². The van der Waals surface area contributed by atoms with Gasteiger partial charge in [-0.25, -0.2) is 0 Å². The third-order valence-electron chi connectivity index (χ3n) is 6.99. The highest BCUT2D eigenvalue weighted by molar-refractivity contribution is 6.25. The molecule has 4 heteroatoms. The van der Waals surface area contributed by atoms with E-state index in [1.54, 1.807) is 0 Å². The van der Waals surface area contributed by atoms with E-state index < -0.39 is 11.2 Å². The molecule has 0 spiro atoms. The zero-order valence-corrected chi connectivity index (χ0v) is 19.7. The van der Waals surface area contributed by atoms with E-state index >= 15 is 0 Å². The number of carbonyl (C=O) groups is 2. The first-order valence-corrected chi connectivity index (χ1v) is 11.7. The summed E-state index contributed by atoms with van der Waals surface area (Å²) in [6.45, 7) is 7.98. The van der Waals surface area contributed by atoms with Crippen LogP contribution in [0.15, 0.2) is 89.6 Å². The van der Waals surface area contributed by atoms with Gasteiger partial charge in [0.25, 0.3) is 0 Å². The largest absolute Gasteiger partial charge is 0.482 e. The van der Waals surface area contributed by atoms with E-state index in [0.29, 0.717) is 33.6 Å². The molecule has 0 radical (unpaired) electrons. The molecule has 0 bridgehead atoms. The van der Waals surface area contributed by atoms with Crippen LogP contribution in [-0.2, 0) is 9.47 Å². The summed E-state index contributed by atoms with van der Waals surface area (Å²) in [6.07, 6.45) is 7.56. The van der Waals surface area contributed by atoms with Crippen LogP contribution in [0, 0.1) is 5.92 Å². The second-order valence-electron chi connectivity index (χ2n) is 10.4. The van der Waals surface area contributed by atoms with Gasteiger partial charge in [0.15, 0.2) is 11.6 Å². The zero-order chi connectivity index (χ0) is 23.8. The lowest BCUT2D eigenvalue weighted by atomic mass is 9.69. The van der Waals surface area contributed by atoms with Crippen LogP contribution >= 0.6 is 0 Å². The summed E-state index contributed by atoms with van der Waals surface area (Å²) < 4.78 is 12.9. The molecule has 6 rings (SSSR count). The molecule has 0 saturated heterocycles. The number of benzene rings is 2. The highest BCUT2D eigenvalue weighted by Gasteiger charge is 2.46. The summed E-state index contributed by atoms with van der Waals surface area (Å²) in [6, 6.07) is 15.0. The quantitative estimate of drug-likeness (QED) is 0.356. The van der Waals surface area contributed by atoms with Crippen molar-refractivity contribution in [1.82, 2.24) is 0 Å². The minimum Gasteiger partial charge on any atom is -0.482 e. The fourth-order valence-corrected chi connectivity index (χ4v) is 5.42. The molecular weight excluding hydrogens is 424 g/mol. The Labute approximate surface area is 199 Å². The molecule has 34 heavy (non-hydrogen) atoms. The Morgan fingerprint density at radius 2 is 1.44 bits per heavy atom. The Hall–Kier alpha value is -3.50. The van der Waals surface area contributed by atoms with Crippen LogP contribution in [0.25, 0.3) is 5.76 Å². The molecule has 2 heterocycles. The first-order valence-electron chi connectivity index (χ1n) is 11.7. The van der Waals surface area contributed by atoms with Crippen molar-refractivity contribution in [2.75, 3.05) is 0 Å². The van der Waals surface area contributed by atoms with E-state index in [0.717, 1.165) is 11.1 Å². The number of hydrogen-bond acceptors (Lipinski definition) is 4. The van der Waals surface area contributed by atoms with Crippen LogP contribution in [0.3, 0.4) is 0 Å². The van der Waals surface area contributed by atoms with Gasteiger partial charge in [-0.3, -0.25) is 9.59 Å². The van der Waals surface area contributed by atoms with Crippen LogP contribution in [0.4, 0.5) is 0 Å². The number of carbonyl (C=O) groups excluding carboxylic acids is 2. The Kier molecular flexibility index (Phi) is 4.34. The summed E-state index contributed by atoms with van der Waals surface area (Å²) in [7, 11) is 0. The highest BCUT2D eigenvalue weighted by atomic mass is 16.5. The number of allylic oxidation sites excluding steroid dienone is 3. The van der Waals surface area contributed by atoms with Gasteiger partial charge in [-0.2, -0.15) is 0 Å². The Morgan fingerprint density at radius 3 is 2.21 bits per heavy atom. The molecule has 170 valence electrons. The maximum absolute atomic E-state index is 14.0. The molecule has 0 amide bonds. The smallest absolute Gasteiger partial charge is 0.194 e. The van der Waals surface area contributed by atoms with E-state index in [1.807, 2.05) is 101 Å². The molecule has 2 atom stereocenters. The van der Waals surface area contributed by atoms with Crippen molar-refractivity contribution in [3.8, 4) is 0 Å². The lowest BCUT2D eigenvalue weighted by Gasteiger charge is -2.42. The van der Waals surface area contributed by atoms with Gasteiger partial charge >= 0.3 is 0 Å². The Balaban J connectivity index is 1.68. The average molecular weight is 451 g/mol. The van der Waals surface area contributed by atoms with E-state index in [9.17, 15) is 9.59 Å². The number of fused-ring (bicyclic) bond motifs is 5. The molecule has 0 N–H and O–H groups in total. The molecule has 2 aromatic carbocycles. The van der Waals surface area contributed by atoms with Crippen molar-refractivity contribution < 1.29 is 19.1 Å². The number of ether oxygens (including phenoxy) is 2. The first kappa shape index (κ1) is 21.1. The molecule has 2 aromatic rings. The van der Waals surface area contributed by atoms with Gasteiger partial charge in [0.2, 0.25) is 0 Å². The number of hydrogen-bond donors (Lipinski definition) is 0. The van der Waals surface area contributed by atoms with Crippen molar-refractivity contribution in [3.63, 3.8) is 0 Å². The molecule has 0 aromatic heterocycles. The molecule has 4 nitrogen and oxygen atoms in total. The first-order chi connectivity index (χ1) is 16.2. The summed E-state index contributed by atoms with van der Waals surface area (Å²) >= 11 is 0. The van der Waals surface area contributed by atoms with Gasteiger partial charge in [-0.15, -0.1) is 0 Å². The monoisotopic (exact) mass is 450 g/mol. The Bertz CT molecular complexity index is 1400. The van der Waals surface area contributed by atoms with E-state index in [4.69, 9.17) is 9.47 Å². The van der Waals surface area contributed by atoms with Gasteiger partial charge in [-0.05, 0) is 39.3 Å². The standard InChI is InChI=1S/C30H26O4/c1-29(2)15-13-21-23(25(31)17-9-5-7-11-19(17)27(21)33-29)24-22-14-16-30(3,4)34-28(22)20-12-8-6-10-18(20)26(24)32/h5-16,21,27H,1-4H3. The topological polar surface area (TPSA) is 52.6 Å². The summed E-state index contributed by atoms with van der Waals surface area (Å²) in [5.74, 6) is 0.00538. The number of Topliss-reactive ketones (excluding diaryl/α,β-unsaturated/α-hetero) is 2. The minimum atomic E-state index is -0.522. The number of rotatable bonds is 0. The molecule has 2 aliphatic carbocycles. The number of ketones is 2. The van der Waals surface area contributed by atoms with Crippen LogP contribution in [0.1, 0.15) is 65.6 Å². The van der Waals surface area contributed by atoms with Crippen molar-refractivity contribution >= 4 is 17.3 Å². The predicted octanol–water partition coefficient (Wildman–Crippen LogP) is 6.17. The second-order valence-corrected chi connectivity index (χ2v) is 10.4. The summed E-state index contributed by atoms with van der Waals surface area (Å²) in [5, 5.41) is 0. The van der Waals surface area contributed by atoms with E-state index in [-0.39, 0.29) is 23.6 Å². The van der Waals surface area contributed by atoms with Crippen molar-refractivity contribution in [2.45, 2.75) is 45.0 Å². The SMILES string of the molecule is CC1(C)C=CC2=C(O1)c1ccccc1C(=O)C2=C1C(=O)c2ccccc2C2OC(C)(C)C=CC12. The van der Waals surface area contributed by atoms with E-state index in [2.05, 4.69) is 0 Å². The van der Waals surface area contributed by atoms with Crippen LogP contribution < -0.4 is 0 Å². The highest BCUT2D eigenvalue weighted by Crippen LogP contribution is 2.50. The van der Waals surface area contributed by atoms with Gasteiger partial charge < -0.3 is 9.47 Å². The van der Waals surface area contributed by atoms with Gasteiger partial charge in [0, 0.05) is 39.3 Å². The van der Waals surface area contributed by atoms with Crippen LogP contribution in [0.5, 0.6) is 0 Å². The van der Waals surface area contributed by atoms with Crippen LogP contribution in [-0.4, -0.2) is 22.8 Å². The molecule has 0 saturated carbocycles. The Morgan fingerprint density at radius 1 is 0.765 bits per heavy atom. The fraction of sp³-hybridized carbons (Fsp3) is 0.267. The second kappa shape index (κ2) is 7.00. The normalized spacial score (nSPS) is 28.0. The predicted molar refractivity (Wildman–Crippen MR) is 130 cm³/mol. The summed E-state index contributed by atoms with van der Waals surface area (Å²) in [4.78, 5) is 28.0. The van der Waals surface area contributed by atoms with Gasteiger partial charge in [-0.1, -0.05) is 66.8 Å². The average Bonchev–Trinajstić information content (AvgIpc) is 2.81. The van der Waals surface area contributed by atoms with Crippen molar-refractivity contribution in [1.29, 1.82) is 0 Å². The molecule has 0 fully saturated rings. The summed E-state index contributed by atoms with van der Waals surface area (Å²) in [5.41, 5.74) is 3.35.